The predicted molar refractivity (Wildman–Crippen MR) is 85.8 cm³/mol. The van der Waals surface area contributed by atoms with Crippen molar-refractivity contribution in [3.8, 4) is 0 Å². The van der Waals surface area contributed by atoms with Crippen LogP contribution in [0, 0.1) is 12.8 Å². The Morgan fingerprint density at radius 2 is 2.00 bits per heavy atom. The van der Waals surface area contributed by atoms with Crippen LogP contribution in [0.25, 0.3) is 5.65 Å². The number of rotatable bonds is 5. The molecule has 1 saturated heterocycles. The molecule has 2 fully saturated rings. The molecule has 1 saturated carbocycles. The van der Waals surface area contributed by atoms with Gasteiger partial charge in [-0.05, 0) is 31.9 Å². The summed E-state index contributed by atoms with van der Waals surface area (Å²) in [6.07, 6.45) is 1.62. The molecule has 1 aliphatic carbocycles. The highest BCUT2D eigenvalue weighted by molar-refractivity contribution is 7.90. The first-order valence-corrected chi connectivity index (χ1v) is 9.34. The quantitative estimate of drug-likeness (QED) is 0.780. The summed E-state index contributed by atoms with van der Waals surface area (Å²) >= 11 is 0. The Kier molecular flexibility index (Phi) is 3.31. The maximum Gasteiger partial charge on any atom is 0.216 e. The Labute approximate surface area is 135 Å². The van der Waals surface area contributed by atoms with E-state index in [0.29, 0.717) is 12.5 Å². The molecule has 2 aromatic heterocycles. The molecule has 4 rings (SSSR count). The van der Waals surface area contributed by atoms with Crippen LogP contribution in [0.5, 0.6) is 0 Å². The minimum Gasteiger partial charge on any atom is -0.354 e. The zero-order valence-electron chi connectivity index (χ0n) is 13.3. The average molecular weight is 336 g/mol. The van der Waals surface area contributed by atoms with Gasteiger partial charge in [0.1, 0.15) is 5.82 Å². The lowest BCUT2D eigenvalue weighted by molar-refractivity contribution is 0.325. The molecule has 0 aromatic carbocycles. The maximum atomic E-state index is 12.2. The minimum atomic E-state index is -3.07. The van der Waals surface area contributed by atoms with Gasteiger partial charge in [-0.3, -0.25) is 0 Å². The SMILES string of the molecule is Cc1nnc2ccc(N3CC(CN(C)S(=O)(=O)C4CC4)C3)nn12. The Balaban J connectivity index is 1.39. The van der Waals surface area contributed by atoms with Crippen LogP contribution in [-0.2, 0) is 10.0 Å². The molecule has 8 nitrogen and oxygen atoms in total. The molecule has 0 bridgehead atoms. The molecule has 1 aliphatic heterocycles. The van der Waals surface area contributed by atoms with E-state index >= 15 is 0 Å². The van der Waals surface area contributed by atoms with Crippen molar-refractivity contribution < 1.29 is 8.42 Å². The van der Waals surface area contributed by atoms with E-state index in [1.54, 1.807) is 11.6 Å². The van der Waals surface area contributed by atoms with E-state index in [0.717, 1.165) is 43.2 Å². The van der Waals surface area contributed by atoms with Gasteiger partial charge in [-0.15, -0.1) is 15.3 Å². The first-order chi connectivity index (χ1) is 10.9. The molecule has 2 aliphatic rings. The summed E-state index contributed by atoms with van der Waals surface area (Å²) in [7, 11) is -1.37. The smallest absolute Gasteiger partial charge is 0.216 e. The van der Waals surface area contributed by atoms with E-state index < -0.39 is 10.0 Å². The molecule has 9 heteroatoms. The van der Waals surface area contributed by atoms with Crippen molar-refractivity contribution in [1.82, 2.24) is 24.1 Å². The molecule has 0 spiro atoms. The summed E-state index contributed by atoms with van der Waals surface area (Å²) in [5, 5.41) is 12.4. The number of hydrogen-bond acceptors (Lipinski definition) is 6. The van der Waals surface area contributed by atoms with E-state index in [9.17, 15) is 8.42 Å². The molecule has 0 atom stereocenters. The number of aromatic nitrogens is 4. The van der Waals surface area contributed by atoms with E-state index in [2.05, 4.69) is 20.2 Å². The molecule has 23 heavy (non-hydrogen) atoms. The third-order valence-corrected chi connectivity index (χ3v) is 6.91. The minimum absolute atomic E-state index is 0.135. The van der Waals surface area contributed by atoms with Crippen molar-refractivity contribution in [1.29, 1.82) is 0 Å². The maximum absolute atomic E-state index is 12.2. The topological polar surface area (TPSA) is 83.7 Å². The molecular weight excluding hydrogens is 316 g/mol. The van der Waals surface area contributed by atoms with Crippen LogP contribution in [0.1, 0.15) is 18.7 Å². The summed E-state index contributed by atoms with van der Waals surface area (Å²) < 4.78 is 27.6. The lowest BCUT2D eigenvalue weighted by Gasteiger charge is -2.41. The zero-order chi connectivity index (χ0) is 16.2. The van der Waals surface area contributed by atoms with Gasteiger partial charge < -0.3 is 4.90 Å². The van der Waals surface area contributed by atoms with Gasteiger partial charge in [-0.2, -0.15) is 4.52 Å². The van der Waals surface area contributed by atoms with Gasteiger partial charge >= 0.3 is 0 Å². The first kappa shape index (κ1) is 14.8. The van der Waals surface area contributed by atoms with Gasteiger partial charge in [0.2, 0.25) is 10.0 Å². The highest BCUT2D eigenvalue weighted by Crippen LogP contribution is 2.31. The number of sulfonamides is 1. The summed E-state index contributed by atoms with van der Waals surface area (Å²) in [6, 6.07) is 3.84. The predicted octanol–water partition coefficient (Wildman–Crippen LogP) is 0.293. The summed E-state index contributed by atoms with van der Waals surface area (Å²) in [5.74, 6) is 1.99. The largest absolute Gasteiger partial charge is 0.354 e. The van der Waals surface area contributed by atoms with Crippen LogP contribution in [0.15, 0.2) is 12.1 Å². The molecule has 0 unspecified atom stereocenters. The second-order valence-corrected chi connectivity index (χ2v) is 8.82. The highest BCUT2D eigenvalue weighted by atomic mass is 32.2. The van der Waals surface area contributed by atoms with Crippen molar-refractivity contribution in [2.24, 2.45) is 5.92 Å². The fraction of sp³-hybridized carbons (Fsp3) is 0.643. The Morgan fingerprint density at radius 1 is 1.26 bits per heavy atom. The van der Waals surface area contributed by atoms with Crippen LogP contribution in [-0.4, -0.2) is 64.5 Å². The van der Waals surface area contributed by atoms with E-state index in [1.807, 2.05) is 19.1 Å². The van der Waals surface area contributed by atoms with Gasteiger partial charge in [0, 0.05) is 32.6 Å². The summed E-state index contributed by atoms with van der Waals surface area (Å²) in [5.41, 5.74) is 0.735. The van der Waals surface area contributed by atoms with Gasteiger partial charge in [-0.1, -0.05) is 0 Å². The van der Waals surface area contributed by atoms with Crippen molar-refractivity contribution >= 4 is 21.5 Å². The number of hydrogen-bond donors (Lipinski definition) is 0. The van der Waals surface area contributed by atoms with Crippen LogP contribution in [0.2, 0.25) is 0 Å². The van der Waals surface area contributed by atoms with E-state index in [1.165, 1.54) is 4.31 Å². The highest BCUT2D eigenvalue weighted by Gasteiger charge is 2.40. The van der Waals surface area contributed by atoms with Crippen LogP contribution < -0.4 is 4.90 Å². The second kappa shape index (κ2) is 5.13. The molecule has 124 valence electrons. The van der Waals surface area contributed by atoms with Gasteiger partial charge in [-0.25, -0.2) is 12.7 Å². The first-order valence-electron chi connectivity index (χ1n) is 7.84. The Bertz CT molecular complexity index is 838. The molecule has 0 amide bonds. The van der Waals surface area contributed by atoms with Crippen LogP contribution in [0.3, 0.4) is 0 Å². The van der Waals surface area contributed by atoms with Gasteiger partial charge in [0.25, 0.3) is 0 Å². The zero-order valence-corrected chi connectivity index (χ0v) is 14.1. The monoisotopic (exact) mass is 336 g/mol. The lowest BCUT2D eigenvalue weighted by atomic mass is 10.0. The van der Waals surface area contributed by atoms with E-state index in [-0.39, 0.29) is 5.25 Å². The average Bonchev–Trinajstić information content (AvgIpc) is 3.28. The van der Waals surface area contributed by atoms with Crippen molar-refractivity contribution in [3.63, 3.8) is 0 Å². The molecule has 3 heterocycles. The Hall–Kier alpha value is -1.74. The van der Waals surface area contributed by atoms with Gasteiger partial charge in [0.15, 0.2) is 11.5 Å². The van der Waals surface area contributed by atoms with Crippen molar-refractivity contribution in [2.45, 2.75) is 25.0 Å². The number of anilines is 1. The molecular formula is C14H20N6O2S. The molecule has 0 N–H and O–H groups in total. The number of aryl methyl sites for hydroxylation is 1. The normalized spacial score (nSPS) is 19.5. The van der Waals surface area contributed by atoms with Crippen molar-refractivity contribution in [2.75, 3.05) is 31.6 Å². The Morgan fingerprint density at radius 3 is 2.70 bits per heavy atom. The number of fused-ring (bicyclic) bond motifs is 1. The fourth-order valence-corrected chi connectivity index (χ4v) is 4.67. The summed E-state index contributed by atoms with van der Waals surface area (Å²) in [4.78, 5) is 2.15. The molecule has 2 aromatic rings. The lowest BCUT2D eigenvalue weighted by Crippen LogP contribution is -2.52. The fourth-order valence-electron chi connectivity index (χ4n) is 3.02. The van der Waals surface area contributed by atoms with Gasteiger partial charge in [0.05, 0.1) is 5.25 Å². The van der Waals surface area contributed by atoms with Crippen molar-refractivity contribution in [3.05, 3.63) is 18.0 Å². The third-order valence-electron chi connectivity index (χ3n) is 4.58. The van der Waals surface area contributed by atoms with E-state index in [4.69, 9.17) is 0 Å². The standard InChI is InChI=1S/C14H20N6O2S/c1-10-15-16-13-5-6-14(17-20(10)13)19-8-11(9-19)7-18(2)23(21,22)12-3-4-12/h5-6,11-12H,3-4,7-9H2,1-2H3. The van der Waals surface area contributed by atoms with Crippen LogP contribution >= 0.6 is 0 Å². The molecule has 0 radical (unpaired) electrons. The van der Waals surface area contributed by atoms with Crippen LogP contribution in [0.4, 0.5) is 5.82 Å². The summed E-state index contributed by atoms with van der Waals surface area (Å²) in [6.45, 7) is 4.10. The third kappa shape index (κ3) is 2.57. The second-order valence-electron chi connectivity index (χ2n) is 6.50. The number of nitrogens with zero attached hydrogens (tertiary/aromatic N) is 6.